The predicted octanol–water partition coefficient (Wildman–Crippen LogP) is 2.45. The summed E-state index contributed by atoms with van der Waals surface area (Å²) < 4.78 is 0. The number of anilines is 1. The number of rotatable bonds is 1. The minimum atomic E-state index is -0.000696. The molecule has 0 spiro atoms. The lowest BCUT2D eigenvalue weighted by Crippen LogP contribution is -1.93. The molecule has 0 bridgehead atoms. The molecule has 0 aliphatic carbocycles. The Morgan fingerprint density at radius 2 is 2.29 bits per heavy atom. The Morgan fingerprint density at radius 1 is 1.43 bits per heavy atom. The summed E-state index contributed by atoms with van der Waals surface area (Å²) in [6, 6.07) is 6.13. The Balaban J connectivity index is 2.43. The van der Waals surface area contributed by atoms with Crippen LogP contribution in [-0.2, 0) is 6.42 Å². The number of fused-ring (bicyclic) bond motifs is 1. The molecule has 2 rings (SSSR count). The minimum absolute atomic E-state index is 0.000696. The zero-order chi connectivity index (χ0) is 9.97. The van der Waals surface area contributed by atoms with Crippen molar-refractivity contribution in [3.05, 3.63) is 41.4 Å². The van der Waals surface area contributed by atoms with Gasteiger partial charge in [-0.1, -0.05) is 19.1 Å². The van der Waals surface area contributed by atoms with Crippen LogP contribution < -0.4 is 5.32 Å². The summed E-state index contributed by atoms with van der Waals surface area (Å²) in [5, 5.41) is 12.2. The highest BCUT2D eigenvalue weighted by molar-refractivity contribution is 5.89. The van der Waals surface area contributed by atoms with Crippen LogP contribution in [0.3, 0.4) is 0 Å². The molecule has 1 aliphatic rings. The van der Waals surface area contributed by atoms with E-state index in [4.69, 9.17) is 0 Å². The summed E-state index contributed by atoms with van der Waals surface area (Å²) in [4.78, 5) is 3.85. The Labute approximate surface area is 82.8 Å². The van der Waals surface area contributed by atoms with Gasteiger partial charge in [0.2, 0.25) is 5.88 Å². The van der Waals surface area contributed by atoms with Crippen LogP contribution >= 0.6 is 0 Å². The molecular weight excluding hydrogens is 176 g/mol. The highest BCUT2D eigenvalue weighted by atomic mass is 16.3. The molecule has 0 saturated carbocycles. The molecule has 3 nitrogen and oxygen atoms in total. The maximum atomic E-state index is 9.19. The lowest BCUT2D eigenvalue weighted by molar-refractivity contribution is 0.407. The predicted molar refractivity (Wildman–Crippen MR) is 57.7 cm³/mol. The smallest absolute Gasteiger partial charge is 0.227 e. The van der Waals surface area contributed by atoms with E-state index < -0.39 is 0 Å². The lowest BCUT2D eigenvalue weighted by atomic mass is 10.1. The number of hydrogen-bond donors (Lipinski definition) is 2. The Hall–Kier alpha value is -1.77. The Kier molecular flexibility index (Phi) is 2.23. The van der Waals surface area contributed by atoms with E-state index in [1.54, 1.807) is 6.21 Å². The molecule has 0 amide bonds. The number of nitrogens with one attached hydrogen (secondary N) is 1. The monoisotopic (exact) mass is 188 g/mol. The van der Waals surface area contributed by atoms with Crippen LogP contribution in [-0.4, -0.2) is 11.3 Å². The van der Waals surface area contributed by atoms with E-state index in [0.717, 1.165) is 17.7 Å². The third-order valence-electron chi connectivity index (χ3n) is 2.22. The van der Waals surface area contributed by atoms with Crippen LogP contribution in [0, 0.1) is 0 Å². The first-order valence-corrected chi connectivity index (χ1v) is 4.62. The maximum Gasteiger partial charge on any atom is 0.227 e. The van der Waals surface area contributed by atoms with Crippen LogP contribution in [0.15, 0.2) is 35.3 Å². The lowest BCUT2D eigenvalue weighted by Gasteiger charge is -2.05. The van der Waals surface area contributed by atoms with Crippen LogP contribution in [0.25, 0.3) is 0 Å². The average Bonchev–Trinajstić information content (AvgIpc) is 2.40. The molecular formula is C11H12N2O. The Morgan fingerprint density at radius 3 is 3.07 bits per heavy atom. The van der Waals surface area contributed by atoms with Gasteiger partial charge in [0.05, 0.1) is 6.20 Å². The third-order valence-corrected chi connectivity index (χ3v) is 2.22. The molecule has 0 saturated heterocycles. The molecule has 1 aromatic rings. The third kappa shape index (κ3) is 1.62. The first kappa shape index (κ1) is 8.81. The van der Waals surface area contributed by atoms with Crippen molar-refractivity contribution in [3.8, 4) is 0 Å². The van der Waals surface area contributed by atoms with Crippen LogP contribution in [0.5, 0.6) is 0 Å². The summed E-state index contributed by atoms with van der Waals surface area (Å²) >= 11 is 0. The summed E-state index contributed by atoms with van der Waals surface area (Å²) in [5.41, 5.74) is 3.24. The van der Waals surface area contributed by atoms with Gasteiger partial charge in [-0.3, -0.25) is 0 Å². The molecule has 1 aromatic carbocycles. The van der Waals surface area contributed by atoms with Gasteiger partial charge >= 0.3 is 0 Å². The molecule has 1 heterocycles. The van der Waals surface area contributed by atoms with Gasteiger partial charge in [0.25, 0.3) is 0 Å². The van der Waals surface area contributed by atoms with Crippen molar-refractivity contribution in [1.82, 2.24) is 0 Å². The highest BCUT2D eigenvalue weighted by Crippen LogP contribution is 2.19. The zero-order valence-electron chi connectivity index (χ0n) is 7.99. The SMILES string of the molecule is CCc1ccc2c(c1)NC=C(O)N=C2. The summed E-state index contributed by atoms with van der Waals surface area (Å²) in [6.07, 6.45) is 4.14. The average molecular weight is 188 g/mol. The second-order valence-corrected chi connectivity index (χ2v) is 3.18. The fraction of sp³-hybridized carbons (Fsp3) is 0.182. The van der Waals surface area contributed by atoms with Gasteiger partial charge in [0.1, 0.15) is 0 Å². The second-order valence-electron chi connectivity index (χ2n) is 3.18. The fourth-order valence-electron chi connectivity index (χ4n) is 1.38. The number of hydrogen-bond acceptors (Lipinski definition) is 3. The van der Waals surface area contributed by atoms with Crippen molar-refractivity contribution in [1.29, 1.82) is 0 Å². The van der Waals surface area contributed by atoms with Gasteiger partial charge < -0.3 is 10.4 Å². The summed E-state index contributed by atoms with van der Waals surface area (Å²) in [7, 11) is 0. The number of aliphatic imine (C=N–C) groups is 1. The van der Waals surface area contributed by atoms with Gasteiger partial charge in [-0.15, -0.1) is 0 Å². The van der Waals surface area contributed by atoms with Crippen LogP contribution in [0.1, 0.15) is 18.1 Å². The molecule has 0 radical (unpaired) electrons. The van der Waals surface area contributed by atoms with Crippen molar-refractivity contribution in [2.75, 3.05) is 5.32 Å². The normalized spacial score (nSPS) is 13.9. The van der Waals surface area contributed by atoms with Gasteiger partial charge in [0.15, 0.2) is 0 Å². The van der Waals surface area contributed by atoms with Gasteiger partial charge in [0, 0.05) is 17.5 Å². The van der Waals surface area contributed by atoms with Crippen LogP contribution in [0.2, 0.25) is 0 Å². The molecule has 72 valence electrons. The largest absolute Gasteiger partial charge is 0.492 e. The molecule has 3 heteroatoms. The van der Waals surface area contributed by atoms with Crippen LogP contribution in [0.4, 0.5) is 5.69 Å². The van der Waals surface area contributed by atoms with Gasteiger partial charge in [-0.25, -0.2) is 4.99 Å². The summed E-state index contributed by atoms with van der Waals surface area (Å²) in [5.74, 6) is -0.000696. The Bertz CT molecular complexity index is 408. The van der Waals surface area contributed by atoms with E-state index in [2.05, 4.69) is 29.4 Å². The first-order valence-electron chi connectivity index (χ1n) is 4.62. The van der Waals surface area contributed by atoms with E-state index in [9.17, 15) is 5.11 Å². The number of aryl methyl sites for hydroxylation is 1. The first-order chi connectivity index (χ1) is 6.79. The number of aliphatic hydroxyl groups is 1. The van der Waals surface area contributed by atoms with Crippen molar-refractivity contribution in [3.63, 3.8) is 0 Å². The molecule has 0 atom stereocenters. The quantitative estimate of drug-likeness (QED) is 0.711. The van der Waals surface area contributed by atoms with E-state index in [1.165, 1.54) is 11.8 Å². The van der Waals surface area contributed by atoms with Gasteiger partial charge in [-0.05, 0) is 18.1 Å². The van der Waals surface area contributed by atoms with Crippen molar-refractivity contribution in [2.24, 2.45) is 4.99 Å². The molecule has 2 N–H and O–H groups in total. The maximum absolute atomic E-state index is 9.19. The number of benzene rings is 1. The number of nitrogens with zero attached hydrogens (tertiary/aromatic N) is 1. The second kappa shape index (κ2) is 3.54. The minimum Gasteiger partial charge on any atom is -0.492 e. The fourth-order valence-corrected chi connectivity index (χ4v) is 1.38. The van der Waals surface area contributed by atoms with Crippen molar-refractivity contribution in [2.45, 2.75) is 13.3 Å². The van der Waals surface area contributed by atoms with E-state index in [0.29, 0.717) is 0 Å². The number of aliphatic hydroxyl groups excluding tert-OH is 1. The van der Waals surface area contributed by atoms with Gasteiger partial charge in [-0.2, -0.15) is 0 Å². The standard InChI is InChI=1S/C11H12N2O/c1-2-8-3-4-9-6-13-11(14)7-12-10(9)5-8/h3-7,12,14H,2H2,1H3. The molecule has 0 aromatic heterocycles. The molecule has 0 fully saturated rings. The van der Waals surface area contributed by atoms with Crippen molar-refractivity contribution < 1.29 is 5.11 Å². The summed E-state index contributed by atoms with van der Waals surface area (Å²) in [6.45, 7) is 2.11. The van der Waals surface area contributed by atoms with Crippen molar-refractivity contribution >= 4 is 11.9 Å². The van der Waals surface area contributed by atoms with E-state index >= 15 is 0 Å². The zero-order valence-corrected chi connectivity index (χ0v) is 7.99. The molecule has 14 heavy (non-hydrogen) atoms. The topological polar surface area (TPSA) is 44.6 Å². The molecule has 0 unspecified atom stereocenters. The highest BCUT2D eigenvalue weighted by Gasteiger charge is 2.03. The van der Waals surface area contributed by atoms with E-state index in [1.807, 2.05) is 6.07 Å². The van der Waals surface area contributed by atoms with E-state index in [-0.39, 0.29) is 5.88 Å². The molecule has 1 aliphatic heterocycles.